The molecule has 0 atom stereocenters. The molecule has 0 heterocycles. The Kier molecular flexibility index (Phi) is 7.26. The molecule has 0 radical (unpaired) electrons. The van der Waals surface area contributed by atoms with Crippen LogP contribution in [0.2, 0.25) is 0 Å². The summed E-state index contributed by atoms with van der Waals surface area (Å²) < 4.78 is 6.30. The highest BCUT2D eigenvalue weighted by Crippen LogP contribution is 2.26. The lowest BCUT2D eigenvalue weighted by molar-refractivity contribution is -0.383. The van der Waals surface area contributed by atoms with Crippen molar-refractivity contribution in [3.8, 4) is 5.75 Å². The van der Waals surface area contributed by atoms with E-state index in [1.54, 1.807) is 37.3 Å². The number of benzene rings is 2. The van der Waals surface area contributed by atoms with E-state index in [0.717, 1.165) is 12.0 Å². The van der Waals surface area contributed by atoms with Gasteiger partial charge in [0.15, 0.2) is 5.11 Å². The number of thiocarbonyl (C=S) groups is 1. The summed E-state index contributed by atoms with van der Waals surface area (Å²) in [6.07, 6.45) is 0.800. The minimum Gasteiger partial charge on any atom is -0.493 e. The van der Waals surface area contributed by atoms with Crippen LogP contribution in [-0.4, -0.2) is 22.5 Å². The predicted molar refractivity (Wildman–Crippen MR) is 111 cm³/mol. The third-order valence-corrected chi connectivity index (χ3v) is 4.17. The van der Waals surface area contributed by atoms with E-state index in [0.29, 0.717) is 22.4 Å². The SMILES string of the molecule is CCCOc1ccc(Br)cc1C(=O)NC(=S)Nc1ccc(C)cc1[N+](=O)[O-]. The first-order valence-electron chi connectivity index (χ1n) is 8.11. The second-order valence-corrected chi connectivity index (χ2v) is 7.00. The van der Waals surface area contributed by atoms with E-state index in [9.17, 15) is 14.9 Å². The fraction of sp³-hybridized carbons (Fsp3) is 0.222. The average molecular weight is 452 g/mol. The molecule has 9 heteroatoms. The number of hydrogen-bond acceptors (Lipinski definition) is 5. The minimum atomic E-state index is -0.509. The van der Waals surface area contributed by atoms with Gasteiger partial charge in [0.1, 0.15) is 11.4 Å². The van der Waals surface area contributed by atoms with Crippen molar-refractivity contribution in [2.45, 2.75) is 20.3 Å². The molecule has 2 rings (SSSR count). The monoisotopic (exact) mass is 451 g/mol. The van der Waals surface area contributed by atoms with Crippen LogP contribution < -0.4 is 15.4 Å². The van der Waals surface area contributed by atoms with Crippen molar-refractivity contribution in [2.75, 3.05) is 11.9 Å². The van der Waals surface area contributed by atoms with E-state index in [1.807, 2.05) is 6.92 Å². The van der Waals surface area contributed by atoms with Crippen molar-refractivity contribution in [3.05, 3.63) is 62.1 Å². The number of rotatable bonds is 6. The third kappa shape index (κ3) is 5.73. The van der Waals surface area contributed by atoms with Gasteiger partial charge in [0.25, 0.3) is 11.6 Å². The molecule has 0 aliphatic carbocycles. The van der Waals surface area contributed by atoms with Crippen molar-refractivity contribution in [2.24, 2.45) is 0 Å². The third-order valence-electron chi connectivity index (χ3n) is 3.47. The largest absolute Gasteiger partial charge is 0.493 e. The van der Waals surface area contributed by atoms with Gasteiger partial charge in [-0.1, -0.05) is 28.9 Å². The maximum Gasteiger partial charge on any atom is 0.292 e. The number of nitro groups is 1. The first kappa shape index (κ1) is 20.8. The number of amides is 1. The maximum atomic E-state index is 12.6. The topological polar surface area (TPSA) is 93.5 Å². The van der Waals surface area contributed by atoms with Crippen LogP contribution in [0.5, 0.6) is 5.75 Å². The molecule has 2 aromatic rings. The van der Waals surface area contributed by atoms with Crippen LogP contribution in [0.25, 0.3) is 0 Å². The van der Waals surface area contributed by atoms with Gasteiger partial charge < -0.3 is 10.1 Å². The molecule has 0 bridgehead atoms. The summed E-state index contributed by atoms with van der Waals surface area (Å²) in [4.78, 5) is 23.3. The highest BCUT2D eigenvalue weighted by Gasteiger charge is 2.18. The molecule has 27 heavy (non-hydrogen) atoms. The van der Waals surface area contributed by atoms with Gasteiger partial charge in [-0.3, -0.25) is 20.2 Å². The van der Waals surface area contributed by atoms with Gasteiger partial charge in [-0.15, -0.1) is 0 Å². The Morgan fingerprint density at radius 1 is 1.30 bits per heavy atom. The second-order valence-electron chi connectivity index (χ2n) is 5.67. The first-order valence-corrected chi connectivity index (χ1v) is 9.31. The van der Waals surface area contributed by atoms with E-state index >= 15 is 0 Å². The Morgan fingerprint density at radius 2 is 2.04 bits per heavy atom. The van der Waals surface area contributed by atoms with Crippen molar-refractivity contribution >= 4 is 50.5 Å². The van der Waals surface area contributed by atoms with Crippen molar-refractivity contribution < 1.29 is 14.5 Å². The molecule has 0 fully saturated rings. The number of nitrogens with one attached hydrogen (secondary N) is 2. The van der Waals surface area contributed by atoms with Crippen LogP contribution in [0.4, 0.5) is 11.4 Å². The van der Waals surface area contributed by atoms with Crippen LogP contribution >= 0.6 is 28.1 Å². The van der Waals surface area contributed by atoms with Gasteiger partial charge >= 0.3 is 0 Å². The Morgan fingerprint density at radius 3 is 2.70 bits per heavy atom. The van der Waals surface area contributed by atoms with Crippen molar-refractivity contribution in [3.63, 3.8) is 0 Å². The number of carbonyl (C=O) groups is 1. The zero-order valence-electron chi connectivity index (χ0n) is 14.7. The zero-order valence-corrected chi connectivity index (χ0v) is 17.1. The lowest BCUT2D eigenvalue weighted by atomic mass is 10.2. The summed E-state index contributed by atoms with van der Waals surface area (Å²) >= 11 is 8.46. The van der Waals surface area contributed by atoms with Crippen LogP contribution in [0.3, 0.4) is 0 Å². The lowest BCUT2D eigenvalue weighted by Crippen LogP contribution is -2.34. The van der Waals surface area contributed by atoms with Gasteiger partial charge in [-0.2, -0.15) is 0 Å². The molecular weight excluding hydrogens is 434 g/mol. The van der Waals surface area contributed by atoms with Crippen LogP contribution in [0.1, 0.15) is 29.3 Å². The van der Waals surface area contributed by atoms with Crippen molar-refractivity contribution in [1.29, 1.82) is 0 Å². The molecular formula is C18H18BrN3O4S. The van der Waals surface area contributed by atoms with E-state index in [1.165, 1.54) is 6.07 Å². The molecule has 7 nitrogen and oxygen atoms in total. The number of nitrogens with zero attached hydrogens (tertiary/aromatic N) is 1. The number of aryl methyl sites for hydroxylation is 1. The molecule has 0 aliphatic heterocycles. The van der Waals surface area contributed by atoms with Gasteiger partial charge in [-0.05, 0) is 55.4 Å². The second kappa shape index (κ2) is 9.43. The Hall–Kier alpha value is -2.52. The molecule has 0 spiro atoms. The number of anilines is 1. The highest BCUT2D eigenvalue weighted by molar-refractivity contribution is 9.10. The Balaban J connectivity index is 2.16. The normalized spacial score (nSPS) is 10.2. The Labute approximate surface area is 170 Å². The molecule has 142 valence electrons. The fourth-order valence-corrected chi connectivity index (χ4v) is 2.80. The quantitative estimate of drug-likeness (QED) is 0.379. The van der Waals surface area contributed by atoms with Gasteiger partial charge in [-0.25, -0.2) is 0 Å². The van der Waals surface area contributed by atoms with E-state index in [4.69, 9.17) is 17.0 Å². The van der Waals surface area contributed by atoms with Crippen LogP contribution in [0.15, 0.2) is 40.9 Å². The fourth-order valence-electron chi connectivity index (χ4n) is 2.24. The van der Waals surface area contributed by atoms with Crippen molar-refractivity contribution in [1.82, 2.24) is 5.32 Å². The molecule has 0 saturated heterocycles. The summed E-state index contributed by atoms with van der Waals surface area (Å²) in [5.41, 5.74) is 1.13. The van der Waals surface area contributed by atoms with Crippen LogP contribution in [-0.2, 0) is 0 Å². The zero-order chi connectivity index (χ0) is 20.0. The molecule has 0 aliphatic rings. The van der Waals surface area contributed by atoms with Gasteiger partial charge in [0, 0.05) is 10.5 Å². The molecule has 1 amide bonds. The summed E-state index contributed by atoms with van der Waals surface area (Å²) in [6.45, 7) is 4.19. The summed E-state index contributed by atoms with van der Waals surface area (Å²) in [5.74, 6) is -0.0451. The summed E-state index contributed by atoms with van der Waals surface area (Å²) in [6, 6.07) is 9.77. The number of nitro benzene ring substituents is 1. The highest BCUT2D eigenvalue weighted by atomic mass is 79.9. The van der Waals surface area contributed by atoms with Gasteiger partial charge in [0.05, 0.1) is 17.1 Å². The first-order chi connectivity index (χ1) is 12.8. The number of carbonyl (C=O) groups excluding carboxylic acids is 1. The minimum absolute atomic E-state index is 0.0478. The standard InChI is InChI=1S/C18H18BrN3O4S/c1-3-8-26-16-7-5-12(19)10-13(16)17(23)21-18(27)20-14-6-4-11(2)9-15(14)22(24)25/h4-7,9-10H,3,8H2,1-2H3,(H2,20,21,23,27). The average Bonchev–Trinajstić information content (AvgIpc) is 2.61. The summed E-state index contributed by atoms with van der Waals surface area (Å²) in [7, 11) is 0. The van der Waals surface area contributed by atoms with E-state index in [-0.39, 0.29) is 16.5 Å². The maximum absolute atomic E-state index is 12.6. The van der Waals surface area contributed by atoms with E-state index < -0.39 is 10.8 Å². The van der Waals surface area contributed by atoms with Crippen LogP contribution in [0, 0.1) is 17.0 Å². The van der Waals surface area contributed by atoms with E-state index in [2.05, 4.69) is 26.6 Å². The molecule has 0 saturated carbocycles. The predicted octanol–water partition coefficient (Wildman–Crippen LogP) is 4.58. The summed E-state index contributed by atoms with van der Waals surface area (Å²) in [5, 5.41) is 16.4. The number of ether oxygens (including phenoxy) is 1. The molecule has 0 aromatic heterocycles. The Bertz CT molecular complexity index is 889. The lowest BCUT2D eigenvalue weighted by Gasteiger charge is -2.13. The molecule has 0 unspecified atom stereocenters. The number of hydrogen-bond donors (Lipinski definition) is 2. The number of halogens is 1. The molecule has 2 aromatic carbocycles. The molecule has 2 N–H and O–H groups in total. The smallest absolute Gasteiger partial charge is 0.292 e. The van der Waals surface area contributed by atoms with Gasteiger partial charge in [0.2, 0.25) is 0 Å².